The zero-order chi connectivity index (χ0) is 45.3. The zero-order valence-electron chi connectivity index (χ0n) is 39.3. The molecule has 8 rings (SSSR count). The molecule has 332 valence electrons. The van der Waals surface area contributed by atoms with Crippen molar-refractivity contribution in [3.05, 3.63) is 172 Å². The molecule has 3 N–H and O–H groups in total. The van der Waals surface area contributed by atoms with Crippen LogP contribution in [0.25, 0.3) is 44.3 Å². The maximum atomic E-state index is 10.1. The Bertz CT molecular complexity index is 2570. The van der Waals surface area contributed by atoms with Gasteiger partial charge in [-0.3, -0.25) is 0 Å². The van der Waals surface area contributed by atoms with Crippen molar-refractivity contribution >= 4 is 21.8 Å². The summed E-state index contributed by atoms with van der Waals surface area (Å²) < 4.78 is 15.5. The van der Waals surface area contributed by atoms with Crippen molar-refractivity contribution in [2.75, 3.05) is 27.3 Å². The van der Waals surface area contributed by atoms with E-state index in [1.54, 1.807) is 20.3 Å². The van der Waals surface area contributed by atoms with Crippen LogP contribution >= 0.6 is 0 Å². The van der Waals surface area contributed by atoms with E-state index < -0.39 is 0 Å². The van der Waals surface area contributed by atoms with Gasteiger partial charge in [-0.15, -0.1) is 0 Å². The van der Waals surface area contributed by atoms with E-state index in [2.05, 4.69) is 159 Å². The Balaban J connectivity index is 0.000000191. The van der Waals surface area contributed by atoms with Gasteiger partial charge in [0.05, 0.1) is 25.6 Å². The lowest BCUT2D eigenvalue weighted by Gasteiger charge is -2.14. The van der Waals surface area contributed by atoms with Crippen molar-refractivity contribution in [1.29, 1.82) is 0 Å². The number of nitrogens with zero attached hydrogens (tertiary/aromatic N) is 2. The highest BCUT2D eigenvalue weighted by molar-refractivity contribution is 5.93. The van der Waals surface area contributed by atoms with Crippen LogP contribution in [0.15, 0.2) is 133 Å². The first-order chi connectivity index (χ1) is 30.9. The summed E-state index contributed by atoms with van der Waals surface area (Å²) in [6.07, 6.45) is 2.08. The van der Waals surface area contributed by atoms with Gasteiger partial charge in [0.15, 0.2) is 0 Å². The molecule has 7 nitrogen and oxygen atoms in total. The fraction of sp³-hybridized carbons (Fsp3) is 0.298. The molecule has 0 amide bonds. The molecule has 0 aliphatic rings. The van der Waals surface area contributed by atoms with Gasteiger partial charge in [0, 0.05) is 47.0 Å². The number of methoxy groups -OCH3 is 2. The summed E-state index contributed by atoms with van der Waals surface area (Å²) >= 11 is 0. The summed E-state index contributed by atoms with van der Waals surface area (Å²) in [4.78, 5) is 0. The molecule has 8 aromatic rings. The molecule has 7 heteroatoms. The van der Waals surface area contributed by atoms with Gasteiger partial charge >= 0.3 is 0 Å². The Hall–Kier alpha value is -6.28. The van der Waals surface area contributed by atoms with E-state index >= 15 is 0 Å². The molecule has 0 aliphatic carbocycles. The first-order valence-electron chi connectivity index (χ1n) is 22.7. The van der Waals surface area contributed by atoms with Crippen LogP contribution in [0.4, 0.5) is 0 Å². The van der Waals surface area contributed by atoms with Crippen LogP contribution in [0.1, 0.15) is 66.6 Å². The number of ether oxygens (including phenoxy) is 2. The Kier molecular flexibility index (Phi) is 15.0. The highest BCUT2D eigenvalue weighted by Crippen LogP contribution is 2.37. The monoisotopic (exact) mass is 855 g/mol. The van der Waals surface area contributed by atoms with Gasteiger partial charge in [0.2, 0.25) is 0 Å². The smallest absolute Gasteiger partial charge is 0.118 e. The van der Waals surface area contributed by atoms with Crippen LogP contribution in [0.2, 0.25) is 0 Å². The second-order valence-corrected chi connectivity index (χ2v) is 17.6. The van der Waals surface area contributed by atoms with Crippen LogP contribution < -0.4 is 20.1 Å². The Morgan fingerprint density at radius 2 is 0.875 bits per heavy atom. The van der Waals surface area contributed by atoms with Crippen LogP contribution in [-0.4, -0.2) is 53.6 Å². The number of phenolic OH excluding ortho intramolecular Hbond substituents is 1. The van der Waals surface area contributed by atoms with E-state index in [0.29, 0.717) is 17.8 Å². The Labute approximate surface area is 380 Å². The van der Waals surface area contributed by atoms with Gasteiger partial charge in [0.1, 0.15) is 17.2 Å². The molecular formula is C57H66N4O3. The summed E-state index contributed by atoms with van der Waals surface area (Å²) in [6, 6.07) is 48.0. The van der Waals surface area contributed by atoms with E-state index in [9.17, 15) is 5.11 Å². The summed E-state index contributed by atoms with van der Waals surface area (Å²) in [7, 11) is 3.39. The van der Waals surface area contributed by atoms with Crippen LogP contribution in [0.5, 0.6) is 17.2 Å². The Morgan fingerprint density at radius 3 is 1.28 bits per heavy atom. The van der Waals surface area contributed by atoms with Crippen LogP contribution in [-0.2, 0) is 25.9 Å². The molecule has 0 radical (unpaired) electrons. The molecule has 0 bridgehead atoms. The van der Waals surface area contributed by atoms with E-state index in [1.807, 2.05) is 36.4 Å². The van der Waals surface area contributed by atoms with Crippen molar-refractivity contribution < 1.29 is 14.6 Å². The fourth-order valence-corrected chi connectivity index (χ4v) is 8.72. The van der Waals surface area contributed by atoms with Crippen molar-refractivity contribution in [2.24, 2.45) is 0 Å². The number of rotatable bonds is 16. The van der Waals surface area contributed by atoms with Gasteiger partial charge < -0.3 is 34.3 Å². The average Bonchev–Trinajstić information content (AvgIpc) is 3.72. The molecule has 6 aromatic carbocycles. The number of benzene rings is 6. The van der Waals surface area contributed by atoms with E-state index in [4.69, 9.17) is 9.47 Å². The highest BCUT2D eigenvalue weighted by atomic mass is 16.5. The quantitative estimate of drug-likeness (QED) is 0.0903. The molecule has 0 atom stereocenters. The summed E-state index contributed by atoms with van der Waals surface area (Å²) in [5.41, 5.74) is 16.3. The molecule has 0 saturated heterocycles. The molecule has 0 unspecified atom stereocenters. The van der Waals surface area contributed by atoms with Gasteiger partial charge in [-0.1, -0.05) is 87.9 Å². The minimum Gasteiger partial charge on any atom is -0.508 e. The highest BCUT2D eigenvalue weighted by Gasteiger charge is 2.19. The van der Waals surface area contributed by atoms with Crippen molar-refractivity contribution in [3.63, 3.8) is 0 Å². The minimum atomic E-state index is 0.290. The second kappa shape index (κ2) is 20.9. The second-order valence-electron chi connectivity index (χ2n) is 17.6. The maximum Gasteiger partial charge on any atom is 0.118 e. The number of hydrogen-bond acceptors (Lipinski definition) is 5. The van der Waals surface area contributed by atoms with Crippen molar-refractivity contribution in [2.45, 2.75) is 86.5 Å². The molecule has 2 aromatic heterocycles. The lowest BCUT2D eigenvalue weighted by molar-refractivity contribution is 0.414. The summed E-state index contributed by atoms with van der Waals surface area (Å²) in [5, 5.41) is 19.5. The van der Waals surface area contributed by atoms with E-state index in [-0.39, 0.29) is 0 Å². The first-order valence-corrected chi connectivity index (χ1v) is 22.7. The number of aryl methyl sites for hydroxylation is 3. The molecule has 0 saturated carbocycles. The van der Waals surface area contributed by atoms with Gasteiger partial charge in [-0.2, -0.15) is 0 Å². The summed E-state index contributed by atoms with van der Waals surface area (Å²) in [6.45, 7) is 18.9. The molecule has 0 fully saturated rings. The van der Waals surface area contributed by atoms with Crippen LogP contribution in [0, 0.1) is 20.8 Å². The molecule has 64 heavy (non-hydrogen) atoms. The third-order valence-electron chi connectivity index (χ3n) is 12.2. The zero-order valence-corrected chi connectivity index (χ0v) is 39.3. The number of fused-ring (bicyclic) bond motifs is 2. The Morgan fingerprint density at radius 1 is 0.484 bits per heavy atom. The number of phenols is 1. The first kappa shape index (κ1) is 45.7. The van der Waals surface area contributed by atoms with Crippen molar-refractivity contribution in [3.8, 4) is 39.8 Å². The predicted molar refractivity (Wildman–Crippen MR) is 269 cm³/mol. The molecule has 2 heterocycles. The molecule has 0 aliphatic heterocycles. The maximum absolute atomic E-state index is 10.1. The SMILES string of the molecule is COc1ccc(-c2c(C)c3cc(C)ccc3n2Cc2ccc(CCNC(C)C)cc2)cc1.COc1ccc(-c2c(C)c3cc(O)ccc3n2Cc2ccc(CCNC(C)C)cc2)cc1. The van der Waals surface area contributed by atoms with Crippen molar-refractivity contribution in [1.82, 2.24) is 19.8 Å². The van der Waals surface area contributed by atoms with E-state index in [1.165, 1.54) is 61.2 Å². The van der Waals surface area contributed by atoms with Crippen LogP contribution in [0.3, 0.4) is 0 Å². The molecule has 0 spiro atoms. The number of hydrogen-bond donors (Lipinski definition) is 3. The average molecular weight is 855 g/mol. The predicted octanol–water partition coefficient (Wildman–Crippen LogP) is 12.4. The van der Waals surface area contributed by atoms with Gasteiger partial charge in [-0.05, 0) is 170 Å². The third-order valence-corrected chi connectivity index (χ3v) is 12.2. The van der Waals surface area contributed by atoms with Gasteiger partial charge in [0.25, 0.3) is 0 Å². The topological polar surface area (TPSA) is 72.6 Å². The lowest BCUT2D eigenvalue weighted by Crippen LogP contribution is -2.24. The molecular weight excluding hydrogens is 789 g/mol. The standard InChI is InChI=1S/C29H34N2O.C28H32N2O2/c1-20(2)30-17-16-23-7-9-24(10-8-23)19-31-28-15-6-21(3)18-27(28)22(4)29(31)25-11-13-26(32-5)14-12-25;1-19(2)29-16-15-21-5-7-22(8-6-21)18-30-27-14-11-24(31)17-26(27)20(3)28(30)23-9-12-25(32-4)13-10-23/h6-15,18,20,30H,16-17,19H2,1-5H3;5-14,17,19,29,31H,15-16,18H2,1-4H3. The fourth-order valence-electron chi connectivity index (χ4n) is 8.72. The third kappa shape index (κ3) is 10.9. The van der Waals surface area contributed by atoms with Gasteiger partial charge in [-0.25, -0.2) is 0 Å². The largest absolute Gasteiger partial charge is 0.508 e. The van der Waals surface area contributed by atoms with E-state index in [0.717, 1.165) is 72.5 Å². The lowest BCUT2D eigenvalue weighted by atomic mass is 10.1. The number of nitrogens with one attached hydrogen (secondary N) is 2. The minimum absolute atomic E-state index is 0.290. The summed E-state index contributed by atoms with van der Waals surface area (Å²) in [5.74, 6) is 2.01. The number of aromatic hydroxyl groups is 1. The number of aromatic nitrogens is 2. The normalized spacial score (nSPS) is 11.4.